The molecule has 0 radical (unpaired) electrons. The van der Waals surface area contributed by atoms with Gasteiger partial charge in [0.25, 0.3) is 0 Å². The van der Waals surface area contributed by atoms with Gasteiger partial charge in [0.2, 0.25) is 5.76 Å². The summed E-state index contributed by atoms with van der Waals surface area (Å²) in [5, 5.41) is 15.3. The molecule has 2 saturated heterocycles. The first-order valence-corrected chi connectivity index (χ1v) is 13.8. The highest BCUT2D eigenvalue weighted by Gasteiger charge is 2.42. The number of benzene rings is 2. The molecule has 2 aliphatic heterocycles. The quantitative estimate of drug-likeness (QED) is 0.266. The second-order valence-electron chi connectivity index (χ2n) is 10.9. The Labute approximate surface area is 225 Å². The largest absolute Gasteiger partial charge is 0.475 e. The second-order valence-corrected chi connectivity index (χ2v) is 11.3. The lowest BCUT2D eigenvalue weighted by Gasteiger charge is -2.41. The molecule has 3 fully saturated rings. The summed E-state index contributed by atoms with van der Waals surface area (Å²) in [6, 6.07) is 14.1. The molecule has 4 heterocycles. The summed E-state index contributed by atoms with van der Waals surface area (Å²) in [6.07, 6.45) is 6.55. The Morgan fingerprint density at radius 3 is 2.61 bits per heavy atom. The first kappa shape index (κ1) is 23.8. The summed E-state index contributed by atoms with van der Waals surface area (Å²) >= 11 is 6.51. The number of ether oxygens (including phenoxy) is 1. The van der Waals surface area contributed by atoms with Crippen molar-refractivity contribution in [1.82, 2.24) is 5.16 Å². The van der Waals surface area contributed by atoms with E-state index in [4.69, 9.17) is 25.3 Å². The molecular weight excluding hydrogens is 504 g/mol. The van der Waals surface area contributed by atoms with Crippen molar-refractivity contribution in [3.05, 3.63) is 70.1 Å². The number of carbonyl (C=O) groups is 1. The van der Waals surface area contributed by atoms with Gasteiger partial charge in [0.05, 0.1) is 17.7 Å². The fraction of sp³-hybridized carbons (Fsp3) is 0.400. The number of anilines is 1. The molecule has 2 bridgehead atoms. The van der Waals surface area contributed by atoms with Gasteiger partial charge in [0, 0.05) is 40.2 Å². The lowest BCUT2D eigenvalue weighted by Crippen LogP contribution is -2.45. The molecule has 3 aliphatic rings. The van der Waals surface area contributed by atoms with Crippen LogP contribution in [-0.2, 0) is 11.3 Å². The molecule has 8 heteroatoms. The lowest BCUT2D eigenvalue weighted by molar-refractivity contribution is 0.0147. The number of carboxylic acid groups (broad SMARTS) is 1. The second kappa shape index (κ2) is 9.17. The van der Waals surface area contributed by atoms with Crippen molar-refractivity contribution in [3.8, 4) is 11.3 Å². The summed E-state index contributed by atoms with van der Waals surface area (Å²) in [4.78, 5) is 13.9. The van der Waals surface area contributed by atoms with E-state index in [0.717, 1.165) is 77.7 Å². The van der Waals surface area contributed by atoms with Crippen LogP contribution in [-0.4, -0.2) is 34.4 Å². The van der Waals surface area contributed by atoms with Crippen molar-refractivity contribution in [2.45, 2.75) is 76.2 Å². The van der Waals surface area contributed by atoms with Crippen LogP contribution >= 0.6 is 11.6 Å². The molecule has 7 rings (SSSR count). The average molecular weight is 533 g/mol. The molecule has 196 valence electrons. The number of rotatable bonds is 7. The molecule has 0 spiro atoms. The summed E-state index contributed by atoms with van der Waals surface area (Å²) in [7, 11) is 0. The van der Waals surface area contributed by atoms with Crippen LogP contribution in [0.3, 0.4) is 0 Å². The Morgan fingerprint density at radius 2 is 1.89 bits per heavy atom. The highest BCUT2D eigenvalue weighted by molar-refractivity contribution is 6.33. The maximum absolute atomic E-state index is 11.4. The predicted octanol–water partition coefficient (Wildman–Crippen LogP) is 7.34. The maximum atomic E-state index is 11.4. The average Bonchev–Trinajstić information content (AvgIpc) is 3.41. The number of nitrogens with zero attached hydrogens (tertiary/aromatic N) is 2. The van der Waals surface area contributed by atoms with E-state index in [1.54, 1.807) is 6.07 Å². The fourth-order valence-electron chi connectivity index (χ4n) is 6.48. The minimum absolute atomic E-state index is 0.0224. The monoisotopic (exact) mass is 532 g/mol. The number of aromatic carboxylic acids is 1. The van der Waals surface area contributed by atoms with Crippen LogP contribution in [0, 0.1) is 6.92 Å². The van der Waals surface area contributed by atoms with Crippen LogP contribution in [0.15, 0.2) is 51.4 Å². The van der Waals surface area contributed by atoms with E-state index in [-0.39, 0.29) is 11.9 Å². The zero-order chi connectivity index (χ0) is 26.0. The number of furan rings is 1. The highest BCUT2D eigenvalue weighted by atomic mass is 35.5. The lowest BCUT2D eigenvalue weighted by atomic mass is 9.96. The van der Waals surface area contributed by atoms with Crippen LogP contribution < -0.4 is 4.90 Å². The van der Waals surface area contributed by atoms with E-state index in [1.165, 1.54) is 0 Å². The number of piperidine rings is 1. The van der Waals surface area contributed by atoms with Crippen molar-refractivity contribution in [1.29, 1.82) is 0 Å². The Bertz CT molecular complexity index is 1520. The molecule has 1 aliphatic carbocycles. The van der Waals surface area contributed by atoms with Gasteiger partial charge in [0.15, 0.2) is 0 Å². The van der Waals surface area contributed by atoms with E-state index >= 15 is 0 Å². The van der Waals surface area contributed by atoms with Gasteiger partial charge in [-0.1, -0.05) is 35.0 Å². The van der Waals surface area contributed by atoms with Crippen LogP contribution in [0.2, 0.25) is 5.02 Å². The van der Waals surface area contributed by atoms with Crippen molar-refractivity contribution < 1.29 is 23.6 Å². The SMILES string of the molecule is Cc1c(N2[C@@H]3CC[C@H]2CC(OCc2c(-c4ccccc4Cl)noc2C2CC2)C3)ccc2oc(C(=O)O)cc12. The third-order valence-electron chi connectivity index (χ3n) is 8.48. The Morgan fingerprint density at radius 1 is 1.13 bits per heavy atom. The number of halogens is 1. The first-order valence-electron chi connectivity index (χ1n) is 13.4. The van der Waals surface area contributed by atoms with Gasteiger partial charge < -0.3 is 23.7 Å². The number of carboxylic acids is 1. The van der Waals surface area contributed by atoms with Gasteiger partial charge in [-0.25, -0.2) is 4.79 Å². The van der Waals surface area contributed by atoms with Crippen molar-refractivity contribution in [2.24, 2.45) is 0 Å². The smallest absolute Gasteiger partial charge is 0.371 e. The Hall–Kier alpha value is -3.29. The van der Waals surface area contributed by atoms with Gasteiger partial charge >= 0.3 is 5.97 Å². The fourth-order valence-corrected chi connectivity index (χ4v) is 6.70. The summed E-state index contributed by atoms with van der Waals surface area (Å²) < 4.78 is 17.9. The molecule has 1 saturated carbocycles. The zero-order valence-corrected chi connectivity index (χ0v) is 21.9. The molecule has 2 aromatic carbocycles. The Kier molecular flexibility index (Phi) is 5.74. The first-order chi connectivity index (χ1) is 18.5. The normalized spacial score (nSPS) is 22.9. The number of hydrogen-bond acceptors (Lipinski definition) is 6. The minimum atomic E-state index is -1.05. The van der Waals surface area contributed by atoms with Gasteiger partial charge in [-0.2, -0.15) is 0 Å². The van der Waals surface area contributed by atoms with E-state index in [9.17, 15) is 9.90 Å². The Balaban J connectivity index is 1.11. The van der Waals surface area contributed by atoms with E-state index in [2.05, 4.69) is 23.0 Å². The van der Waals surface area contributed by atoms with Crippen LogP contribution in [0.25, 0.3) is 22.2 Å². The van der Waals surface area contributed by atoms with Gasteiger partial charge in [-0.15, -0.1) is 0 Å². The molecule has 1 N–H and O–H groups in total. The molecule has 7 nitrogen and oxygen atoms in total. The molecule has 2 aromatic heterocycles. The standard InChI is InChI=1S/C30H29ClN2O5/c1-16-22-14-27(30(34)35)37-26(22)11-10-25(16)33-18-8-9-19(33)13-20(12-18)36-15-23-28(21-4-2-3-5-24(21)31)32-38-29(23)17-6-7-17/h2-5,10-11,14,17-20H,6-9,12-13,15H2,1H3,(H,34,35)/t18-,19+,20?. The number of aryl methyl sites for hydroxylation is 1. The molecule has 4 aromatic rings. The summed E-state index contributed by atoms with van der Waals surface area (Å²) in [6.45, 7) is 2.53. The molecular formula is C30H29ClN2O5. The van der Waals surface area contributed by atoms with Gasteiger partial charge in [0.1, 0.15) is 17.0 Å². The van der Waals surface area contributed by atoms with Crippen LogP contribution in [0.4, 0.5) is 5.69 Å². The van der Waals surface area contributed by atoms with E-state index in [1.807, 2.05) is 30.3 Å². The van der Waals surface area contributed by atoms with Gasteiger partial charge in [-0.3, -0.25) is 0 Å². The third-order valence-corrected chi connectivity index (χ3v) is 8.81. The summed E-state index contributed by atoms with van der Waals surface area (Å²) in [5.74, 6) is 0.309. The molecule has 1 unspecified atom stereocenters. The van der Waals surface area contributed by atoms with Crippen LogP contribution in [0.1, 0.15) is 71.9 Å². The van der Waals surface area contributed by atoms with Crippen LogP contribution in [0.5, 0.6) is 0 Å². The predicted molar refractivity (Wildman–Crippen MR) is 144 cm³/mol. The van der Waals surface area contributed by atoms with Crippen molar-refractivity contribution in [3.63, 3.8) is 0 Å². The minimum Gasteiger partial charge on any atom is -0.475 e. The van der Waals surface area contributed by atoms with E-state index in [0.29, 0.717) is 35.2 Å². The number of fused-ring (bicyclic) bond motifs is 3. The zero-order valence-electron chi connectivity index (χ0n) is 21.2. The number of aromatic nitrogens is 1. The highest BCUT2D eigenvalue weighted by Crippen LogP contribution is 2.46. The maximum Gasteiger partial charge on any atom is 0.371 e. The van der Waals surface area contributed by atoms with E-state index < -0.39 is 5.97 Å². The molecule has 38 heavy (non-hydrogen) atoms. The van der Waals surface area contributed by atoms with Crippen molar-refractivity contribution in [2.75, 3.05) is 4.90 Å². The molecule has 3 atom stereocenters. The third kappa shape index (κ3) is 4.00. The molecule has 0 amide bonds. The van der Waals surface area contributed by atoms with Gasteiger partial charge in [-0.05, 0) is 75.3 Å². The number of hydrogen-bond donors (Lipinski definition) is 1. The summed E-state index contributed by atoms with van der Waals surface area (Å²) in [5.41, 5.74) is 5.56. The van der Waals surface area contributed by atoms with Crippen molar-refractivity contribution >= 4 is 34.2 Å². The topological polar surface area (TPSA) is 88.9 Å².